The van der Waals surface area contributed by atoms with Crippen LogP contribution < -0.4 is 4.90 Å². The predicted octanol–water partition coefficient (Wildman–Crippen LogP) is 7.14. The van der Waals surface area contributed by atoms with E-state index in [1.807, 2.05) is 26.8 Å². The van der Waals surface area contributed by atoms with Gasteiger partial charge in [0, 0.05) is 10.0 Å². The Kier molecular flexibility index (Phi) is 5.85. The normalized spacial score (nSPS) is 16.9. The van der Waals surface area contributed by atoms with Gasteiger partial charge in [-0.15, -0.1) is 0 Å². The second-order valence-electron chi connectivity index (χ2n) is 8.59. The van der Waals surface area contributed by atoms with Crippen LogP contribution in [0.1, 0.15) is 69.7 Å². The third-order valence-electron chi connectivity index (χ3n) is 4.93. The van der Waals surface area contributed by atoms with Gasteiger partial charge in [0.25, 0.3) is 0 Å². The van der Waals surface area contributed by atoms with Gasteiger partial charge in [0.2, 0.25) is 0 Å². The van der Waals surface area contributed by atoms with Gasteiger partial charge in [0.1, 0.15) is 11.4 Å². The lowest BCUT2D eigenvalue weighted by atomic mass is 9.89. The minimum atomic E-state index is -0.640. The number of carbonyl (C=O) groups is 1. The van der Waals surface area contributed by atoms with Crippen LogP contribution in [0.5, 0.6) is 0 Å². The van der Waals surface area contributed by atoms with Crippen molar-refractivity contribution in [1.29, 1.82) is 0 Å². The van der Waals surface area contributed by atoms with Gasteiger partial charge in [0.05, 0.1) is 11.7 Å². The number of anilines is 1. The SMILES string of the molecule is CC(C)c1cc(Br)c2c(c1)CCC(c1ccccc1F)N2C(=O)OC(C)(C)C. The number of benzene rings is 2. The molecule has 0 aromatic heterocycles. The van der Waals surface area contributed by atoms with Gasteiger partial charge in [-0.1, -0.05) is 38.1 Å². The number of nitrogens with zero attached hydrogens (tertiary/aromatic N) is 1. The van der Waals surface area contributed by atoms with Crippen LogP contribution in [0.25, 0.3) is 0 Å². The summed E-state index contributed by atoms with van der Waals surface area (Å²) in [5, 5.41) is 0. The molecule has 28 heavy (non-hydrogen) atoms. The van der Waals surface area contributed by atoms with Crippen molar-refractivity contribution in [3.05, 3.63) is 63.4 Å². The first-order chi connectivity index (χ1) is 13.1. The summed E-state index contributed by atoms with van der Waals surface area (Å²) in [6.45, 7) is 9.80. The standard InChI is InChI=1S/C23H27BrFNO2/c1-14(2)16-12-15-10-11-20(17-8-6-7-9-19(17)25)26(21(15)18(24)13-16)22(27)28-23(3,4)5/h6-9,12-14,20H,10-11H2,1-5H3. The number of carbonyl (C=O) groups excluding carboxylic acids is 1. The Hall–Kier alpha value is -1.88. The maximum absolute atomic E-state index is 14.6. The molecule has 0 saturated heterocycles. The van der Waals surface area contributed by atoms with E-state index >= 15 is 0 Å². The zero-order valence-corrected chi connectivity index (χ0v) is 18.6. The number of halogens is 2. The first-order valence-corrected chi connectivity index (χ1v) is 10.5. The van der Waals surface area contributed by atoms with Crippen LogP contribution in [-0.2, 0) is 11.2 Å². The summed E-state index contributed by atoms with van der Waals surface area (Å²) in [7, 11) is 0. The quantitative estimate of drug-likeness (QED) is 0.489. The van der Waals surface area contributed by atoms with E-state index in [9.17, 15) is 9.18 Å². The monoisotopic (exact) mass is 447 g/mol. The molecule has 3 rings (SSSR count). The van der Waals surface area contributed by atoms with Gasteiger partial charge in [-0.05, 0) is 78.7 Å². The van der Waals surface area contributed by atoms with Gasteiger partial charge < -0.3 is 4.74 Å². The van der Waals surface area contributed by atoms with Crippen molar-refractivity contribution >= 4 is 27.7 Å². The fourth-order valence-corrected chi connectivity index (χ4v) is 4.33. The van der Waals surface area contributed by atoms with E-state index < -0.39 is 17.7 Å². The van der Waals surface area contributed by atoms with Crippen molar-refractivity contribution in [2.75, 3.05) is 4.90 Å². The summed E-state index contributed by atoms with van der Waals surface area (Å²) in [6, 6.07) is 10.4. The van der Waals surface area contributed by atoms with Gasteiger partial charge in [-0.2, -0.15) is 0 Å². The molecule has 1 heterocycles. The lowest BCUT2D eigenvalue weighted by Crippen LogP contribution is -2.42. The average Bonchev–Trinajstić information content (AvgIpc) is 2.59. The Labute approximate surface area is 175 Å². The molecule has 3 nitrogen and oxygen atoms in total. The molecule has 0 saturated carbocycles. The van der Waals surface area contributed by atoms with E-state index in [-0.39, 0.29) is 5.82 Å². The highest BCUT2D eigenvalue weighted by Crippen LogP contribution is 2.45. The lowest BCUT2D eigenvalue weighted by Gasteiger charge is -2.39. The molecule has 0 aliphatic carbocycles. The minimum Gasteiger partial charge on any atom is -0.443 e. The van der Waals surface area contributed by atoms with Crippen LogP contribution in [0.3, 0.4) is 0 Å². The Bertz CT molecular complexity index is 889. The molecule has 0 bridgehead atoms. The van der Waals surface area contributed by atoms with Gasteiger partial charge in [-0.3, -0.25) is 4.90 Å². The Balaban J connectivity index is 2.14. The van der Waals surface area contributed by atoms with E-state index in [1.165, 1.54) is 11.6 Å². The second-order valence-corrected chi connectivity index (χ2v) is 9.45. The smallest absolute Gasteiger partial charge is 0.415 e. The molecular formula is C23H27BrFNO2. The fraction of sp³-hybridized carbons (Fsp3) is 0.435. The maximum atomic E-state index is 14.6. The van der Waals surface area contributed by atoms with Gasteiger partial charge in [0.15, 0.2) is 0 Å². The fourth-order valence-electron chi connectivity index (χ4n) is 3.62. The van der Waals surface area contributed by atoms with Crippen molar-refractivity contribution in [2.24, 2.45) is 0 Å². The van der Waals surface area contributed by atoms with Crippen molar-refractivity contribution in [1.82, 2.24) is 0 Å². The molecule has 0 radical (unpaired) electrons. The molecule has 0 N–H and O–H groups in total. The minimum absolute atomic E-state index is 0.306. The first-order valence-electron chi connectivity index (χ1n) is 9.67. The maximum Gasteiger partial charge on any atom is 0.415 e. The topological polar surface area (TPSA) is 29.5 Å². The number of rotatable bonds is 2. The van der Waals surface area contributed by atoms with Crippen molar-refractivity contribution < 1.29 is 13.9 Å². The highest BCUT2D eigenvalue weighted by atomic mass is 79.9. The van der Waals surface area contributed by atoms with E-state index in [0.29, 0.717) is 17.9 Å². The summed E-state index contributed by atoms with van der Waals surface area (Å²) in [6.07, 6.45) is 0.952. The third kappa shape index (κ3) is 4.24. The number of hydrogen-bond donors (Lipinski definition) is 0. The molecule has 1 aliphatic rings. The Morgan fingerprint density at radius 2 is 1.93 bits per heavy atom. The largest absolute Gasteiger partial charge is 0.443 e. The molecular weight excluding hydrogens is 421 g/mol. The molecule has 1 unspecified atom stereocenters. The molecule has 0 spiro atoms. The van der Waals surface area contributed by atoms with E-state index in [4.69, 9.17) is 4.74 Å². The number of ether oxygens (including phenoxy) is 1. The summed E-state index contributed by atoms with van der Waals surface area (Å²) >= 11 is 3.66. The second kappa shape index (κ2) is 7.86. The zero-order chi connectivity index (χ0) is 20.6. The van der Waals surface area contributed by atoms with Crippen LogP contribution in [0.2, 0.25) is 0 Å². The van der Waals surface area contributed by atoms with E-state index in [2.05, 4.69) is 35.8 Å². The van der Waals surface area contributed by atoms with Crippen LogP contribution >= 0.6 is 15.9 Å². The molecule has 150 valence electrons. The zero-order valence-electron chi connectivity index (χ0n) is 17.1. The first kappa shape index (κ1) is 20.8. The van der Waals surface area contributed by atoms with Crippen molar-refractivity contribution in [3.8, 4) is 0 Å². The van der Waals surface area contributed by atoms with Gasteiger partial charge in [-0.25, -0.2) is 9.18 Å². The van der Waals surface area contributed by atoms with Crippen LogP contribution in [0.4, 0.5) is 14.9 Å². The summed E-state index contributed by atoms with van der Waals surface area (Å²) in [5.41, 5.74) is 2.94. The van der Waals surface area contributed by atoms with Crippen LogP contribution in [0.15, 0.2) is 40.9 Å². The summed E-state index contributed by atoms with van der Waals surface area (Å²) < 4.78 is 21.1. The Morgan fingerprint density at radius 1 is 1.25 bits per heavy atom. The van der Waals surface area contributed by atoms with Gasteiger partial charge >= 0.3 is 6.09 Å². The molecule has 2 aromatic carbocycles. The van der Waals surface area contributed by atoms with Crippen LogP contribution in [0, 0.1) is 5.82 Å². The third-order valence-corrected chi connectivity index (χ3v) is 5.53. The molecule has 1 aliphatic heterocycles. The molecule has 1 amide bonds. The predicted molar refractivity (Wildman–Crippen MR) is 114 cm³/mol. The molecule has 5 heteroatoms. The molecule has 2 aromatic rings. The highest BCUT2D eigenvalue weighted by molar-refractivity contribution is 9.10. The number of aryl methyl sites for hydroxylation is 1. The van der Waals surface area contributed by atoms with Crippen LogP contribution in [-0.4, -0.2) is 11.7 Å². The lowest BCUT2D eigenvalue weighted by molar-refractivity contribution is 0.0559. The average molecular weight is 448 g/mol. The number of amides is 1. The number of hydrogen-bond acceptors (Lipinski definition) is 2. The number of fused-ring (bicyclic) bond motifs is 1. The van der Waals surface area contributed by atoms with Crippen molar-refractivity contribution in [3.63, 3.8) is 0 Å². The van der Waals surface area contributed by atoms with E-state index in [1.54, 1.807) is 23.1 Å². The molecule has 1 atom stereocenters. The van der Waals surface area contributed by atoms with Crippen molar-refractivity contribution in [2.45, 2.75) is 65.0 Å². The Morgan fingerprint density at radius 3 is 2.54 bits per heavy atom. The summed E-state index contributed by atoms with van der Waals surface area (Å²) in [4.78, 5) is 14.8. The van der Waals surface area contributed by atoms with E-state index in [0.717, 1.165) is 22.1 Å². The summed E-state index contributed by atoms with van der Waals surface area (Å²) in [5.74, 6) is 0.0697. The highest BCUT2D eigenvalue weighted by Gasteiger charge is 2.37. The molecule has 0 fully saturated rings.